The Hall–Kier alpha value is -2.36. The first-order valence-corrected chi connectivity index (χ1v) is 6.54. The van der Waals surface area contributed by atoms with E-state index >= 15 is 0 Å². The van der Waals surface area contributed by atoms with E-state index in [1.807, 2.05) is 30.3 Å². The van der Waals surface area contributed by atoms with Crippen molar-refractivity contribution >= 4 is 11.6 Å². The number of anilines is 1. The van der Waals surface area contributed by atoms with Gasteiger partial charge in [-0.15, -0.1) is 0 Å². The predicted octanol–water partition coefficient (Wildman–Crippen LogP) is 2.77. The second kappa shape index (κ2) is 6.70. The molecule has 0 spiro atoms. The summed E-state index contributed by atoms with van der Waals surface area (Å²) in [6.45, 7) is 0.511. The van der Waals surface area contributed by atoms with Gasteiger partial charge in [-0.2, -0.15) is 0 Å². The van der Waals surface area contributed by atoms with Gasteiger partial charge in [0.15, 0.2) is 0 Å². The number of nitrogen functional groups attached to an aromatic ring is 1. The molecule has 0 saturated heterocycles. The average molecular weight is 272 g/mol. The molecular weight excluding hydrogens is 255 g/mol. The lowest BCUT2D eigenvalue weighted by Crippen LogP contribution is -2.25. The van der Waals surface area contributed by atoms with E-state index in [0.717, 1.165) is 18.9 Å². The summed E-state index contributed by atoms with van der Waals surface area (Å²) in [6.07, 6.45) is 1.69. The normalized spacial score (nSPS) is 10.2. The maximum absolute atomic E-state index is 13.5. The molecule has 0 aromatic heterocycles. The van der Waals surface area contributed by atoms with Crippen LogP contribution in [-0.2, 0) is 6.42 Å². The molecule has 0 fully saturated rings. The molecule has 0 aliphatic heterocycles. The van der Waals surface area contributed by atoms with Crippen LogP contribution in [0.25, 0.3) is 0 Å². The summed E-state index contributed by atoms with van der Waals surface area (Å²) in [5.41, 5.74) is 7.00. The lowest BCUT2D eigenvalue weighted by molar-refractivity contribution is 0.0949. The SMILES string of the molecule is Nc1ccc(C(=O)NCCCc2ccccc2)c(F)c1. The lowest BCUT2D eigenvalue weighted by atomic mass is 10.1. The zero-order chi connectivity index (χ0) is 14.4. The molecule has 0 aliphatic carbocycles. The number of carbonyl (C=O) groups is 1. The summed E-state index contributed by atoms with van der Waals surface area (Å²) in [5, 5.41) is 2.71. The molecule has 2 aromatic rings. The van der Waals surface area contributed by atoms with Gasteiger partial charge in [0.1, 0.15) is 5.82 Å². The van der Waals surface area contributed by atoms with Crippen molar-refractivity contribution in [2.24, 2.45) is 0 Å². The van der Waals surface area contributed by atoms with E-state index in [4.69, 9.17) is 5.73 Å². The number of nitrogens with one attached hydrogen (secondary N) is 1. The van der Waals surface area contributed by atoms with Crippen molar-refractivity contribution in [2.75, 3.05) is 12.3 Å². The summed E-state index contributed by atoms with van der Waals surface area (Å²) in [4.78, 5) is 11.8. The van der Waals surface area contributed by atoms with Gasteiger partial charge in [-0.05, 0) is 36.6 Å². The second-order valence-electron chi connectivity index (χ2n) is 4.58. The van der Waals surface area contributed by atoms with Gasteiger partial charge < -0.3 is 11.1 Å². The summed E-state index contributed by atoms with van der Waals surface area (Å²) in [6, 6.07) is 14.1. The van der Waals surface area contributed by atoms with Crippen molar-refractivity contribution in [3.63, 3.8) is 0 Å². The molecule has 0 aliphatic rings. The Labute approximate surface area is 117 Å². The van der Waals surface area contributed by atoms with E-state index in [1.165, 1.54) is 17.7 Å². The number of carbonyl (C=O) groups excluding carboxylic acids is 1. The van der Waals surface area contributed by atoms with Crippen LogP contribution in [0.3, 0.4) is 0 Å². The van der Waals surface area contributed by atoms with Crippen LogP contribution in [-0.4, -0.2) is 12.5 Å². The number of hydrogen-bond acceptors (Lipinski definition) is 2. The number of amides is 1. The smallest absolute Gasteiger partial charge is 0.254 e. The van der Waals surface area contributed by atoms with Crippen LogP contribution < -0.4 is 11.1 Å². The Bertz CT molecular complexity index is 584. The molecule has 0 saturated carbocycles. The molecule has 4 heteroatoms. The first kappa shape index (κ1) is 14.1. The molecule has 0 radical (unpaired) electrons. The van der Waals surface area contributed by atoms with Gasteiger partial charge in [-0.3, -0.25) is 4.79 Å². The molecule has 104 valence electrons. The highest BCUT2D eigenvalue weighted by atomic mass is 19.1. The maximum atomic E-state index is 13.5. The fourth-order valence-corrected chi connectivity index (χ4v) is 1.95. The first-order chi connectivity index (χ1) is 9.66. The van der Waals surface area contributed by atoms with Crippen molar-refractivity contribution in [3.8, 4) is 0 Å². The zero-order valence-corrected chi connectivity index (χ0v) is 11.1. The minimum absolute atomic E-state index is 0.0268. The highest BCUT2D eigenvalue weighted by molar-refractivity contribution is 5.94. The van der Waals surface area contributed by atoms with Gasteiger partial charge in [-0.1, -0.05) is 30.3 Å². The van der Waals surface area contributed by atoms with Crippen LogP contribution in [0, 0.1) is 5.82 Å². The predicted molar refractivity (Wildman–Crippen MR) is 77.9 cm³/mol. The van der Waals surface area contributed by atoms with Crippen molar-refractivity contribution in [1.82, 2.24) is 5.32 Å². The summed E-state index contributed by atoms with van der Waals surface area (Å²) < 4.78 is 13.5. The van der Waals surface area contributed by atoms with E-state index in [1.54, 1.807) is 0 Å². The maximum Gasteiger partial charge on any atom is 0.254 e. The molecule has 1 amide bonds. The van der Waals surface area contributed by atoms with Gasteiger partial charge in [-0.25, -0.2) is 4.39 Å². The van der Waals surface area contributed by atoms with Gasteiger partial charge in [0.25, 0.3) is 5.91 Å². The first-order valence-electron chi connectivity index (χ1n) is 6.54. The Morgan fingerprint density at radius 1 is 1.15 bits per heavy atom. The van der Waals surface area contributed by atoms with Gasteiger partial charge in [0.05, 0.1) is 5.56 Å². The molecule has 20 heavy (non-hydrogen) atoms. The molecule has 0 bridgehead atoms. The minimum Gasteiger partial charge on any atom is -0.399 e. The molecule has 0 unspecified atom stereocenters. The van der Waals surface area contributed by atoms with Crippen LogP contribution in [0.5, 0.6) is 0 Å². The number of rotatable bonds is 5. The fourth-order valence-electron chi connectivity index (χ4n) is 1.95. The van der Waals surface area contributed by atoms with Gasteiger partial charge in [0, 0.05) is 12.2 Å². The van der Waals surface area contributed by atoms with E-state index in [2.05, 4.69) is 5.32 Å². The van der Waals surface area contributed by atoms with Crippen LogP contribution in [0.1, 0.15) is 22.3 Å². The fraction of sp³-hybridized carbons (Fsp3) is 0.188. The standard InChI is InChI=1S/C16H17FN2O/c17-15-11-13(18)8-9-14(15)16(20)19-10-4-7-12-5-2-1-3-6-12/h1-3,5-6,8-9,11H,4,7,10,18H2,(H,19,20). The minimum atomic E-state index is -0.592. The van der Waals surface area contributed by atoms with E-state index in [9.17, 15) is 9.18 Å². The third kappa shape index (κ3) is 3.82. The average Bonchev–Trinajstić information content (AvgIpc) is 2.44. The van der Waals surface area contributed by atoms with Crippen molar-refractivity contribution < 1.29 is 9.18 Å². The van der Waals surface area contributed by atoms with Crippen LogP contribution >= 0.6 is 0 Å². The van der Waals surface area contributed by atoms with Gasteiger partial charge >= 0.3 is 0 Å². The molecule has 2 rings (SSSR count). The third-order valence-electron chi connectivity index (χ3n) is 3.01. The van der Waals surface area contributed by atoms with Crippen molar-refractivity contribution in [1.29, 1.82) is 0 Å². The molecule has 3 nitrogen and oxygen atoms in total. The topological polar surface area (TPSA) is 55.1 Å². The van der Waals surface area contributed by atoms with Crippen LogP contribution in [0.2, 0.25) is 0 Å². The lowest BCUT2D eigenvalue weighted by Gasteiger charge is -2.06. The summed E-state index contributed by atoms with van der Waals surface area (Å²) >= 11 is 0. The van der Waals surface area contributed by atoms with Crippen LogP contribution in [0.4, 0.5) is 10.1 Å². The quantitative estimate of drug-likeness (QED) is 0.649. The third-order valence-corrected chi connectivity index (χ3v) is 3.01. The largest absolute Gasteiger partial charge is 0.399 e. The number of benzene rings is 2. The number of nitrogens with two attached hydrogens (primary N) is 1. The Kier molecular flexibility index (Phi) is 4.71. The van der Waals surface area contributed by atoms with Gasteiger partial charge in [0.2, 0.25) is 0 Å². The molecule has 3 N–H and O–H groups in total. The highest BCUT2D eigenvalue weighted by Gasteiger charge is 2.10. The van der Waals surface area contributed by atoms with Crippen LogP contribution in [0.15, 0.2) is 48.5 Å². The monoisotopic (exact) mass is 272 g/mol. The van der Waals surface area contributed by atoms with E-state index in [0.29, 0.717) is 12.2 Å². The van der Waals surface area contributed by atoms with E-state index in [-0.39, 0.29) is 5.56 Å². The number of halogens is 1. The Morgan fingerprint density at radius 3 is 2.60 bits per heavy atom. The molecular formula is C16H17FN2O. The molecule has 2 aromatic carbocycles. The number of hydrogen-bond donors (Lipinski definition) is 2. The molecule has 0 atom stereocenters. The Morgan fingerprint density at radius 2 is 1.90 bits per heavy atom. The van der Waals surface area contributed by atoms with Crippen molar-refractivity contribution in [2.45, 2.75) is 12.8 Å². The second-order valence-corrected chi connectivity index (χ2v) is 4.58. The van der Waals surface area contributed by atoms with E-state index < -0.39 is 11.7 Å². The summed E-state index contributed by atoms with van der Waals surface area (Å²) in [5.74, 6) is -0.999. The number of aryl methyl sites for hydroxylation is 1. The molecule has 0 heterocycles. The van der Waals surface area contributed by atoms with Crippen molar-refractivity contribution in [3.05, 3.63) is 65.5 Å². The highest BCUT2D eigenvalue weighted by Crippen LogP contribution is 2.11. The Balaban J connectivity index is 1.80. The zero-order valence-electron chi connectivity index (χ0n) is 11.1. The summed E-state index contributed by atoms with van der Waals surface area (Å²) in [7, 11) is 0.